The third-order valence-corrected chi connectivity index (χ3v) is 2.79. The Balaban J connectivity index is 2.23. The van der Waals surface area contributed by atoms with E-state index in [1.54, 1.807) is 31.2 Å². The number of aromatic nitrogens is 1. The summed E-state index contributed by atoms with van der Waals surface area (Å²) >= 11 is 0. The molecule has 0 fully saturated rings. The van der Waals surface area contributed by atoms with Crippen LogP contribution >= 0.6 is 0 Å². The van der Waals surface area contributed by atoms with Gasteiger partial charge in [-0.15, -0.1) is 0 Å². The van der Waals surface area contributed by atoms with Crippen molar-refractivity contribution in [2.45, 2.75) is 12.8 Å². The zero-order valence-corrected chi connectivity index (χ0v) is 10.8. The number of benzene rings is 1. The van der Waals surface area contributed by atoms with Crippen molar-refractivity contribution in [3.8, 4) is 17.7 Å². The van der Waals surface area contributed by atoms with Crippen LogP contribution in [0.1, 0.15) is 28.8 Å². The van der Waals surface area contributed by atoms with Gasteiger partial charge in [-0.25, -0.2) is 9.78 Å². The van der Waals surface area contributed by atoms with Gasteiger partial charge in [0.05, 0.1) is 12.0 Å². The van der Waals surface area contributed by atoms with E-state index in [2.05, 4.69) is 11.1 Å². The number of carboxylic acid groups (broad SMARTS) is 1. The molecule has 1 unspecified atom stereocenters. The van der Waals surface area contributed by atoms with Gasteiger partial charge in [-0.05, 0) is 36.8 Å². The van der Waals surface area contributed by atoms with Gasteiger partial charge in [0.2, 0.25) is 5.88 Å². The minimum atomic E-state index is -1.09. The topological polar surface area (TPSA) is 83.2 Å². The van der Waals surface area contributed by atoms with E-state index in [1.165, 1.54) is 18.3 Å². The highest BCUT2D eigenvalue weighted by Crippen LogP contribution is 2.24. The lowest BCUT2D eigenvalue weighted by molar-refractivity contribution is 0.0693. The highest BCUT2D eigenvalue weighted by Gasteiger charge is 2.12. The molecule has 2 aromatic rings. The summed E-state index contributed by atoms with van der Waals surface area (Å²) in [6.07, 6.45) is 1.47. The van der Waals surface area contributed by atoms with E-state index in [4.69, 9.17) is 15.1 Å². The lowest BCUT2D eigenvalue weighted by atomic mass is 10.0. The summed E-state index contributed by atoms with van der Waals surface area (Å²) in [4.78, 5) is 15.0. The zero-order valence-electron chi connectivity index (χ0n) is 10.8. The van der Waals surface area contributed by atoms with E-state index in [0.717, 1.165) is 5.56 Å². The third kappa shape index (κ3) is 2.93. The van der Waals surface area contributed by atoms with Crippen LogP contribution in [-0.4, -0.2) is 16.1 Å². The number of nitrogens with zero attached hydrogens (tertiary/aromatic N) is 2. The number of carboxylic acids is 1. The number of hydrogen-bond acceptors (Lipinski definition) is 4. The molecule has 0 aliphatic rings. The van der Waals surface area contributed by atoms with E-state index in [9.17, 15) is 4.79 Å². The van der Waals surface area contributed by atoms with E-state index >= 15 is 0 Å². The molecule has 0 amide bonds. The van der Waals surface area contributed by atoms with Gasteiger partial charge in [0.15, 0.2) is 0 Å². The number of carbonyl (C=O) groups is 1. The molecule has 1 atom stereocenters. The Kier molecular flexibility index (Phi) is 3.96. The number of ether oxygens (including phenoxy) is 1. The normalized spacial score (nSPS) is 11.4. The maximum atomic E-state index is 11.0. The summed E-state index contributed by atoms with van der Waals surface area (Å²) in [6, 6.07) is 12.0. The van der Waals surface area contributed by atoms with Crippen LogP contribution in [0.25, 0.3) is 0 Å². The number of rotatable bonds is 4. The maximum absolute atomic E-state index is 11.0. The van der Waals surface area contributed by atoms with Crippen molar-refractivity contribution in [2.75, 3.05) is 0 Å². The first-order valence-electron chi connectivity index (χ1n) is 5.97. The second-order valence-electron chi connectivity index (χ2n) is 4.18. The molecule has 1 aromatic carbocycles. The van der Waals surface area contributed by atoms with Crippen LogP contribution in [0, 0.1) is 11.3 Å². The SMILES string of the molecule is CC(C#N)c1ccc(Oc2ncccc2C(=O)O)cc1. The highest BCUT2D eigenvalue weighted by molar-refractivity contribution is 5.90. The first kappa shape index (κ1) is 13.6. The zero-order chi connectivity index (χ0) is 14.5. The summed E-state index contributed by atoms with van der Waals surface area (Å²) < 4.78 is 5.46. The van der Waals surface area contributed by atoms with Crippen LogP contribution in [-0.2, 0) is 0 Å². The van der Waals surface area contributed by atoms with Gasteiger partial charge in [0.1, 0.15) is 11.3 Å². The summed E-state index contributed by atoms with van der Waals surface area (Å²) in [5, 5.41) is 17.9. The molecular formula is C15H12N2O3. The van der Waals surface area contributed by atoms with Gasteiger partial charge >= 0.3 is 5.97 Å². The number of pyridine rings is 1. The van der Waals surface area contributed by atoms with Gasteiger partial charge in [0.25, 0.3) is 0 Å². The lowest BCUT2D eigenvalue weighted by Crippen LogP contribution is -2.01. The van der Waals surface area contributed by atoms with Crippen LogP contribution < -0.4 is 4.74 Å². The number of hydrogen-bond donors (Lipinski definition) is 1. The molecule has 5 heteroatoms. The largest absolute Gasteiger partial charge is 0.477 e. The average molecular weight is 268 g/mol. The summed E-state index contributed by atoms with van der Waals surface area (Å²) in [7, 11) is 0. The Bertz CT molecular complexity index is 660. The fourth-order valence-corrected chi connectivity index (χ4v) is 1.65. The Morgan fingerprint density at radius 1 is 1.35 bits per heavy atom. The van der Waals surface area contributed by atoms with Gasteiger partial charge in [-0.2, -0.15) is 5.26 Å². The lowest BCUT2D eigenvalue weighted by Gasteiger charge is -2.08. The van der Waals surface area contributed by atoms with Crippen molar-refractivity contribution in [1.82, 2.24) is 4.98 Å². The molecule has 0 saturated heterocycles. The van der Waals surface area contributed by atoms with Crippen LogP contribution in [0.15, 0.2) is 42.6 Å². The quantitative estimate of drug-likeness (QED) is 0.920. The Hall–Kier alpha value is -2.87. The molecule has 100 valence electrons. The molecule has 1 heterocycles. The van der Waals surface area contributed by atoms with Gasteiger partial charge in [-0.1, -0.05) is 12.1 Å². The summed E-state index contributed by atoms with van der Waals surface area (Å²) in [5.74, 6) is -0.780. The number of nitriles is 1. The van der Waals surface area contributed by atoms with E-state index < -0.39 is 5.97 Å². The molecule has 0 saturated carbocycles. The number of aromatic carboxylic acids is 1. The first-order chi connectivity index (χ1) is 9.61. The predicted octanol–water partition coefficient (Wildman–Crippen LogP) is 3.20. The average Bonchev–Trinajstić information content (AvgIpc) is 2.47. The van der Waals surface area contributed by atoms with E-state index in [-0.39, 0.29) is 17.4 Å². The summed E-state index contributed by atoms with van der Waals surface area (Å²) in [6.45, 7) is 1.80. The molecule has 0 spiro atoms. The van der Waals surface area contributed by atoms with Crippen molar-refractivity contribution in [3.05, 3.63) is 53.7 Å². The van der Waals surface area contributed by atoms with Crippen molar-refractivity contribution in [2.24, 2.45) is 0 Å². The second-order valence-corrected chi connectivity index (χ2v) is 4.18. The smallest absolute Gasteiger partial charge is 0.341 e. The van der Waals surface area contributed by atoms with Crippen LogP contribution in [0.5, 0.6) is 11.6 Å². The molecule has 1 N–H and O–H groups in total. The maximum Gasteiger partial charge on any atom is 0.341 e. The molecule has 2 rings (SSSR count). The molecule has 0 bridgehead atoms. The molecule has 20 heavy (non-hydrogen) atoms. The van der Waals surface area contributed by atoms with E-state index in [1.807, 2.05) is 0 Å². The van der Waals surface area contributed by atoms with Crippen LogP contribution in [0.4, 0.5) is 0 Å². The molecule has 0 radical (unpaired) electrons. The predicted molar refractivity (Wildman–Crippen MR) is 71.7 cm³/mol. The van der Waals surface area contributed by atoms with Crippen molar-refractivity contribution < 1.29 is 14.6 Å². The minimum absolute atomic E-state index is 0.00182. The Morgan fingerprint density at radius 2 is 2.05 bits per heavy atom. The van der Waals surface area contributed by atoms with Crippen molar-refractivity contribution in [1.29, 1.82) is 5.26 Å². The molecular weight excluding hydrogens is 256 g/mol. The Morgan fingerprint density at radius 3 is 2.65 bits per heavy atom. The van der Waals surface area contributed by atoms with E-state index in [0.29, 0.717) is 5.75 Å². The van der Waals surface area contributed by atoms with Crippen LogP contribution in [0.2, 0.25) is 0 Å². The molecule has 5 nitrogen and oxygen atoms in total. The minimum Gasteiger partial charge on any atom is -0.477 e. The van der Waals surface area contributed by atoms with Crippen molar-refractivity contribution >= 4 is 5.97 Å². The van der Waals surface area contributed by atoms with Gasteiger partial charge in [-0.3, -0.25) is 0 Å². The Labute approximate surface area is 116 Å². The molecule has 1 aromatic heterocycles. The molecule has 0 aliphatic carbocycles. The second kappa shape index (κ2) is 5.85. The third-order valence-electron chi connectivity index (χ3n) is 2.79. The van der Waals surface area contributed by atoms with Gasteiger partial charge < -0.3 is 9.84 Å². The monoisotopic (exact) mass is 268 g/mol. The summed E-state index contributed by atoms with van der Waals surface area (Å²) in [5.41, 5.74) is 0.876. The van der Waals surface area contributed by atoms with Gasteiger partial charge in [0, 0.05) is 6.20 Å². The molecule has 0 aliphatic heterocycles. The first-order valence-corrected chi connectivity index (χ1v) is 5.97. The van der Waals surface area contributed by atoms with Crippen LogP contribution in [0.3, 0.4) is 0 Å². The van der Waals surface area contributed by atoms with Crippen molar-refractivity contribution in [3.63, 3.8) is 0 Å². The fraction of sp³-hybridized carbons (Fsp3) is 0.133. The standard InChI is InChI=1S/C15H12N2O3/c1-10(9-16)11-4-6-12(7-5-11)20-14-13(15(18)19)3-2-8-17-14/h2-8,10H,1H3,(H,18,19). The highest BCUT2D eigenvalue weighted by atomic mass is 16.5. The fourth-order valence-electron chi connectivity index (χ4n) is 1.65.